The molecule has 8 heteroatoms. The van der Waals surface area contributed by atoms with Crippen LogP contribution in [0.3, 0.4) is 0 Å². The Bertz CT molecular complexity index is 666. The number of nitrogens with zero attached hydrogens (tertiary/aromatic N) is 3. The summed E-state index contributed by atoms with van der Waals surface area (Å²) in [6.07, 6.45) is 3.01. The van der Waals surface area contributed by atoms with E-state index < -0.39 is 6.17 Å². The van der Waals surface area contributed by atoms with Crippen molar-refractivity contribution in [2.24, 2.45) is 0 Å². The molecule has 2 aromatic rings. The molecule has 2 aromatic heterocycles. The van der Waals surface area contributed by atoms with Crippen LogP contribution in [0.2, 0.25) is 0 Å². The predicted molar refractivity (Wildman–Crippen MR) is 78.0 cm³/mol. The second kappa shape index (κ2) is 5.88. The van der Waals surface area contributed by atoms with E-state index in [4.69, 9.17) is 0 Å². The first-order valence-electron chi connectivity index (χ1n) is 7.22. The third-order valence-electron chi connectivity index (χ3n) is 3.86. The lowest BCUT2D eigenvalue weighted by molar-refractivity contribution is 0.0781. The molecule has 0 aromatic carbocycles. The number of aromatic amines is 2. The fourth-order valence-electron chi connectivity index (χ4n) is 2.60. The third kappa shape index (κ3) is 2.87. The molecular weight excluding hydrogens is 287 g/mol. The molecule has 0 aliphatic carbocycles. The molecule has 3 N–H and O–H groups in total. The minimum Gasteiger partial charge on any atom is -0.367 e. The van der Waals surface area contributed by atoms with Crippen LogP contribution in [0.25, 0.3) is 0 Å². The van der Waals surface area contributed by atoms with E-state index in [0.717, 1.165) is 5.56 Å². The van der Waals surface area contributed by atoms with Crippen molar-refractivity contribution in [1.82, 2.24) is 30.4 Å². The third-order valence-corrected chi connectivity index (χ3v) is 3.86. The van der Waals surface area contributed by atoms with Gasteiger partial charge in [-0.25, -0.2) is 9.37 Å². The van der Waals surface area contributed by atoms with Crippen LogP contribution in [-0.4, -0.2) is 50.7 Å². The Hall–Kier alpha value is -2.22. The van der Waals surface area contributed by atoms with Gasteiger partial charge in [0.15, 0.2) is 5.82 Å². The number of rotatable bonds is 4. The zero-order valence-electron chi connectivity index (χ0n) is 12.6. The van der Waals surface area contributed by atoms with Gasteiger partial charge < -0.3 is 15.2 Å². The molecule has 1 aliphatic heterocycles. The monoisotopic (exact) mass is 306 g/mol. The summed E-state index contributed by atoms with van der Waals surface area (Å²) in [6, 6.07) is -0.135. The van der Waals surface area contributed by atoms with E-state index in [1.807, 2.05) is 6.92 Å². The topological polar surface area (TPSA) is 89.7 Å². The maximum atomic E-state index is 13.2. The van der Waals surface area contributed by atoms with E-state index in [9.17, 15) is 9.18 Å². The van der Waals surface area contributed by atoms with Crippen molar-refractivity contribution < 1.29 is 9.18 Å². The first-order chi connectivity index (χ1) is 10.5. The number of H-pyrrole nitrogens is 2. The van der Waals surface area contributed by atoms with Crippen molar-refractivity contribution in [3.8, 4) is 0 Å². The van der Waals surface area contributed by atoms with Crippen LogP contribution in [0.1, 0.15) is 40.0 Å². The van der Waals surface area contributed by atoms with Gasteiger partial charge >= 0.3 is 0 Å². The molecule has 0 spiro atoms. The van der Waals surface area contributed by atoms with Crippen molar-refractivity contribution in [3.63, 3.8) is 0 Å². The molecule has 3 heterocycles. The lowest BCUT2D eigenvalue weighted by atomic mass is 10.2. The summed E-state index contributed by atoms with van der Waals surface area (Å²) >= 11 is 0. The number of aromatic nitrogens is 4. The first kappa shape index (κ1) is 14.7. The summed E-state index contributed by atoms with van der Waals surface area (Å²) in [5.41, 5.74) is 1.53. The van der Waals surface area contributed by atoms with Gasteiger partial charge in [-0.2, -0.15) is 5.10 Å². The number of alkyl halides is 1. The fraction of sp³-hybridized carbons (Fsp3) is 0.500. The van der Waals surface area contributed by atoms with Crippen LogP contribution in [0.15, 0.2) is 12.4 Å². The highest BCUT2D eigenvalue weighted by molar-refractivity contribution is 5.95. The number of hydrogen-bond acceptors (Lipinski definition) is 4. The standard InChI is InChI=1S/C14H19FN6O/c1-8-4-16-6-10(8)14(22)21(2)7-12-18-13(20-19-12)11-3-9(15)5-17-11/h4,6,9,11,16-17H,3,5,7H2,1-2H3,(H,18,19,20)/t9-,11+/m0/s1. The molecule has 1 aliphatic rings. The van der Waals surface area contributed by atoms with Gasteiger partial charge in [0.25, 0.3) is 5.91 Å². The highest BCUT2D eigenvalue weighted by Gasteiger charge is 2.27. The predicted octanol–water partition coefficient (Wildman–Crippen LogP) is 1.09. The van der Waals surface area contributed by atoms with Gasteiger partial charge in [-0.1, -0.05) is 0 Å². The zero-order chi connectivity index (χ0) is 15.7. The molecule has 3 rings (SSSR count). The molecule has 22 heavy (non-hydrogen) atoms. The summed E-state index contributed by atoms with van der Waals surface area (Å²) in [5, 5.41) is 9.98. The average molecular weight is 306 g/mol. The number of amides is 1. The molecule has 0 saturated carbocycles. The van der Waals surface area contributed by atoms with Gasteiger partial charge in [-0.3, -0.25) is 9.89 Å². The number of halogens is 1. The quantitative estimate of drug-likeness (QED) is 0.788. The Morgan fingerprint density at radius 2 is 2.32 bits per heavy atom. The molecule has 0 unspecified atom stereocenters. The lowest BCUT2D eigenvalue weighted by Crippen LogP contribution is -2.27. The van der Waals surface area contributed by atoms with Crippen LogP contribution in [0, 0.1) is 6.92 Å². The van der Waals surface area contributed by atoms with Gasteiger partial charge in [-0.05, 0) is 12.5 Å². The van der Waals surface area contributed by atoms with Gasteiger partial charge in [-0.15, -0.1) is 0 Å². The summed E-state index contributed by atoms with van der Waals surface area (Å²) in [6.45, 7) is 2.51. The van der Waals surface area contributed by atoms with Crippen molar-refractivity contribution in [3.05, 3.63) is 35.2 Å². The smallest absolute Gasteiger partial charge is 0.255 e. The second-order valence-corrected chi connectivity index (χ2v) is 5.64. The SMILES string of the molecule is Cc1c[nH]cc1C(=O)N(C)Cc1n[nH]c([C@H]2C[C@H](F)CN2)n1. The maximum absolute atomic E-state index is 13.2. The number of carbonyl (C=O) groups excluding carboxylic acids is 1. The minimum absolute atomic E-state index is 0.0899. The molecule has 1 saturated heterocycles. The number of nitrogens with one attached hydrogen (secondary N) is 3. The average Bonchev–Trinajstić information content (AvgIpc) is 3.19. The molecule has 7 nitrogen and oxygen atoms in total. The van der Waals surface area contributed by atoms with E-state index >= 15 is 0 Å². The van der Waals surface area contributed by atoms with Crippen LogP contribution < -0.4 is 5.32 Å². The second-order valence-electron chi connectivity index (χ2n) is 5.64. The molecule has 1 fully saturated rings. The van der Waals surface area contributed by atoms with Gasteiger partial charge in [0.05, 0.1) is 18.2 Å². The van der Waals surface area contributed by atoms with Crippen molar-refractivity contribution >= 4 is 5.91 Å². The van der Waals surface area contributed by atoms with Crippen molar-refractivity contribution in [1.29, 1.82) is 0 Å². The maximum Gasteiger partial charge on any atom is 0.255 e. The Morgan fingerprint density at radius 3 is 2.95 bits per heavy atom. The van der Waals surface area contributed by atoms with E-state index in [2.05, 4.69) is 25.5 Å². The van der Waals surface area contributed by atoms with E-state index in [0.29, 0.717) is 36.7 Å². The highest BCUT2D eigenvalue weighted by atomic mass is 19.1. The van der Waals surface area contributed by atoms with E-state index in [-0.39, 0.29) is 11.9 Å². The Kier molecular flexibility index (Phi) is 3.93. The van der Waals surface area contributed by atoms with Gasteiger partial charge in [0.2, 0.25) is 0 Å². The van der Waals surface area contributed by atoms with Gasteiger partial charge in [0, 0.05) is 32.4 Å². The van der Waals surface area contributed by atoms with Crippen molar-refractivity contribution in [2.75, 3.05) is 13.6 Å². The number of aryl methyl sites for hydroxylation is 1. The Labute approximate surface area is 127 Å². The molecule has 0 radical (unpaired) electrons. The zero-order valence-corrected chi connectivity index (χ0v) is 12.6. The van der Waals surface area contributed by atoms with Crippen LogP contribution in [0.4, 0.5) is 4.39 Å². The summed E-state index contributed by atoms with van der Waals surface area (Å²) in [7, 11) is 1.70. The van der Waals surface area contributed by atoms with E-state index in [1.54, 1.807) is 24.3 Å². The number of hydrogen-bond donors (Lipinski definition) is 3. The largest absolute Gasteiger partial charge is 0.367 e. The Balaban J connectivity index is 1.65. The lowest BCUT2D eigenvalue weighted by Gasteiger charge is -2.14. The molecule has 2 atom stereocenters. The normalized spacial score (nSPS) is 21.2. The highest BCUT2D eigenvalue weighted by Crippen LogP contribution is 2.22. The fourth-order valence-corrected chi connectivity index (χ4v) is 2.60. The molecule has 118 valence electrons. The first-order valence-corrected chi connectivity index (χ1v) is 7.22. The summed E-state index contributed by atoms with van der Waals surface area (Å²) in [4.78, 5) is 21.1. The van der Waals surface area contributed by atoms with Crippen LogP contribution in [0.5, 0.6) is 0 Å². The summed E-state index contributed by atoms with van der Waals surface area (Å²) in [5.74, 6) is 1.05. The van der Waals surface area contributed by atoms with Gasteiger partial charge in [0.1, 0.15) is 12.0 Å². The minimum atomic E-state index is -0.848. The molecular formula is C14H19FN6O. The molecule has 1 amide bonds. The number of carbonyl (C=O) groups is 1. The van der Waals surface area contributed by atoms with Crippen LogP contribution >= 0.6 is 0 Å². The Morgan fingerprint density at radius 1 is 1.50 bits per heavy atom. The van der Waals surface area contributed by atoms with Crippen LogP contribution in [-0.2, 0) is 6.54 Å². The molecule has 0 bridgehead atoms. The van der Waals surface area contributed by atoms with Crippen molar-refractivity contribution in [2.45, 2.75) is 32.1 Å². The van der Waals surface area contributed by atoms with E-state index in [1.165, 1.54) is 0 Å². The summed E-state index contributed by atoms with van der Waals surface area (Å²) < 4.78 is 13.2.